The minimum atomic E-state index is -0.778. The SMILES string of the molecule is CCCCC/C=C\C/C=C\CCCCCCCC(=O)OCC(COC(=O)CCCCCCCCCCCCCCC/C=C\C/C=C\CCCCCCC)OC(=O)CCCCCCCCCCCCCCCCCCCCC. The van der Waals surface area contributed by atoms with Gasteiger partial charge in [0.1, 0.15) is 13.2 Å². The van der Waals surface area contributed by atoms with Crippen LogP contribution < -0.4 is 0 Å². The zero-order valence-electron chi connectivity index (χ0n) is 51.7. The van der Waals surface area contributed by atoms with E-state index in [1.165, 1.54) is 244 Å². The maximum Gasteiger partial charge on any atom is 0.306 e. The average molecular weight is 1080 g/mol. The summed E-state index contributed by atoms with van der Waals surface area (Å²) in [5.41, 5.74) is 0. The molecule has 0 amide bonds. The number of unbranched alkanes of at least 4 members (excludes halogenated alkanes) is 44. The fourth-order valence-corrected chi connectivity index (χ4v) is 10.2. The average Bonchev–Trinajstić information content (AvgIpc) is 3.43. The Balaban J connectivity index is 4.29. The first kappa shape index (κ1) is 74.4. The van der Waals surface area contributed by atoms with E-state index in [1.807, 2.05) is 0 Å². The predicted molar refractivity (Wildman–Crippen MR) is 335 cm³/mol. The molecule has 0 aromatic rings. The number of carbonyl (C=O) groups excluding carboxylic acids is 3. The van der Waals surface area contributed by atoms with Crippen molar-refractivity contribution in [2.24, 2.45) is 0 Å². The Morgan fingerprint density at radius 3 is 0.740 bits per heavy atom. The summed E-state index contributed by atoms with van der Waals surface area (Å²) in [6, 6.07) is 0. The third kappa shape index (κ3) is 64.1. The summed E-state index contributed by atoms with van der Waals surface area (Å²) in [7, 11) is 0. The Hall–Kier alpha value is -2.63. The third-order valence-electron chi connectivity index (χ3n) is 15.3. The van der Waals surface area contributed by atoms with Gasteiger partial charge in [-0.3, -0.25) is 14.4 Å². The highest BCUT2D eigenvalue weighted by atomic mass is 16.6. The van der Waals surface area contributed by atoms with Crippen molar-refractivity contribution in [2.75, 3.05) is 13.2 Å². The van der Waals surface area contributed by atoms with Gasteiger partial charge in [0.15, 0.2) is 6.10 Å². The second-order valence-corrected chi connectivity index (χ2v) is 23.1. The molecule has 6 heteroatoms. The number of carbonyl (C=O) groups is 3. The largest absolute Gasteiger partial charge is 0.462 e. The van der Waals surface area contributed by atoms with Crippen LogP contribution >= 0.6 is 0 Å². The summed E-state index contributed by atoms with van der Waals surface area (Å²) in [4.78, 5) is 38.4. The van der Waals surface area contributed by atoms with E-state index in [-0.39, 0.29) is 31.1 Å². The van der Waals surface area contributed by atoms with Crippen molar-refractivity contribution in [3.63, 3.8) is 0 Å². The minimum absolute atomic E-state index is 0.0739. The second-order valence-electron chi connectivity index (χ2n) is 23.1. The van der Waals surface area contributed by atoms with Gasteiger partial charge in [0.05, 0.1) is 0 Å². The van der Waals surface area contributed by atoms with Gasteiger partial charge in [-0.1, -0.05) is 313 Å². The molecule has 0 radical (unpaired) electrons. The zero-order valence-corrected chi connectivity index (χ0v) is 51.7. The van der Waals surface area contributed by atoms with Crippen molar-refractivity contribution in [1.29, 1.82) is 0 Å². The van der Waals surface area contributed by atoms with Crippen LogP contribution in [0.3, 0.4) is 0 Å². The Morgan fingerprint density at radius 1 is 0.260 bits per heavy atom. The molecule has 0 rings (SSSR count). The number of hydrogen-bond acceptors (Lipinski definition) is 6. The Morgan fingerprint density at radius 2 is 0.468 bits per heavy atom. The summed E-state index contributed by atoms with van der Waals surface area (Å²) in [5, 5.41) is 0. The summed E-state index contributed by atoms with van der Waals surface area (Å²) >= 11 is 0. The molecule has 450 valence electrons. The molecule has 1 atom stereocenters. The van der Waals surface area contributed by atoms with Crippen molar-refractivity contribution in [2.45, 2.75) is 374 Å². The molecule has 6 nitrogen and oxygen atoms in total. The lowest BCUT2D eigenvalue weighted by molar-refractivity contribution is -0.167. The quantitative estimate of drug-likeness (QED) is 0.0261. The first-order valence-corrected chi connectivity index (χ1v) is 34.1. The van der Waals surface area contributed by atoms with Gasteiger partial charge in [0, 0.05) is 19.3 Å². The molecule has 0 bridgehead atoms. The number of rotatable bonds is 63. The molecule has 0 heterocycles. The summed E-state index contributed by atoms with van der Waals surface area (Å²) in [6.07, 6.45) is 82.7. The van der Waals surface area contributed by atoms with Crippen LogP contribution in [0.2, 0.25) is 0 Å². The van der Waals surface area contributed by atoms with Gasteiger partial charge in [0.25, 0.3) is 0 Å². The van der Waals surface area contributed by atoms with E-state index in [9.17, 15) is 14.4 Å². The molecule has 0 aliphatic heterocycles. The Labute approximate surface area is 479 Å². The van der Waals surface area contributed by atoms with Crippen LogP contribution in [0.15, 0.2) is 48.6 Å². The summed E-state index contributed by atoms with van der Waals surface area (Å²) in [6.45, 7) is 6.66. The first-order chi connectivity index (χ1) is 38.0. The van der Waals surface area contributed by atoms with Gasteiger partial charge in [-0.25, -0.2) is 0 Å². The van der Waals surface area contributed by atoms with Crippen LogP contribution in [0.5, 0.6) is 0 Å². The Kier molecular flexibility index (Phi) is 63.6. The maximum atomic E-state index is 12.9. The van der Waals surface area contributed by atoms with E-state index in [0.717, 1.165) is 83.5 Å². The molecule has 0 saturated carbocycles. The van der Waals surface area contributed by atoms with Crippen LogP contribution in [0.4, 0.5) is 0 Å². The molecule has 0 aliphatic carbocycles. The Bertz CT molecular complexity index is 1330. The lowest BCUT2D eigenvalue weighted by Crippen LogP contribution is -2.30. The third-order valence-corrected chi connectivity index (χ3v) is 15.3. The van der Waals surface area contributed by atoms with Gasteiger partial charge in [-0.2, -0.15) is 0 Å². The van der Waals surface area contributed by atoms with Crippen molar-refractivity contribution in [1.82, 2.24) is 0 Å². The molecule has 77 heavy (non-hydrogen) atoms. The predicted octanol–water partition coefficient (Wildman–Crippen LogP) is 23.3. The first-order valence-electron chi connectivity index (χ1n) is 34.1. The number of hydrogen-bond donors (Lipinski definition) is 0. The van der Waals surface area contributed by atoms with Crippen LogP contribution in [-0.4, -0.2) is 37.2 Å². The van der Waals surface area contributed by atoms with E-state index < -0.39 is 6.10 Å². The van der Waals surface area contributed by atoms with Gasteiger partial charge in [0.2, 0.25) is 0 Å². The number of allylic oxidation sites excluding steroid dienone is 8. The molecule has 0 aliphatic rings. The van der Waals surface area contributed by atoms with E-state index >= 15 is 0 Å². The van der Waals surface area contributed by atoms with Crippen molar-refractivity contribution >= 4 is 17.9 Å². The standard InChI is InChI=1S/C71H130O6/c1-4-7-10-13-16-19-22-25-28-30-32-33-34-35-36-37-39-40-43-46-49-52-55-58-61-64-70(73)76-67-68(66-75-69(72)63-60-57-54-51-48-45-42-27-24-21-18-15-12-9-6-3)77-71(74)65-62-59-56-53-50-47-44-41-38-31-29-26-23-20-17-14-11-8-5-2/h18,21-22,25,27,30,32,42,68H,4-17,19-20,23-24,26,28-29,31,33-41,43-67H2,1-3H3/b21-18-,25-22-,32-30-,42-27-. The van der Waals surface area contributed by atoms with Crippen molar-refractivity contribution in [3.8, 4) is 0 Å². The van der Waals surface area contributed by atoms with Gasteiger partial charge in [-0.15, -0.1) is 0 Å². The van der Waals surface area contributed by atoms with Crippen LogP contribution in [-0.2, 0) is 28.6 Å². The zero-order chi connectivity index (χ0) is 55.7. The summed E-state index contributed by atoms with van der Waals surface area (Å²) in [5.74, 6) is -0.864. The van der Waals surface area contributed by atoms with E-state index in [2.05, 4.69) is 69.4 Å². The van der Waals surface area contributed by atoms with Gasteiger partial charge < -0.3 is 14.2 Å². The smallest absolute Gasteiger partial charge is 0.306 e. The topological polar surface area (TPSA) is 78.9 Å². The molecule has 0 fully saturated rings. The molecular weight excluding hydrogens is 949 g/mol. The number of ether oxygens (including phenoxy) is 3. The second kappa shape index (κ2) is 65.9. The normalized spacial score (nSPS) is 12.3. The highest BCUT2D eigenvalue weighted by molar-refractivity contribution is 5.71. The maximum absolute atomic E-state index is 12.9. The lowest BCUT2D eigenvalue weighted by atomic mass is 10.0. The molecule has 1 unspecified atom stereocenters. The van der Waals surface area contributed by atoms with Crippen LogP contribution in [0.1, 0.15) is 367 Å². The molecular formula is C71H130O6. The fraction of sp³-hybridized carbons (Fsp3) is 0.845. The van der Waals surface area contributed by atoms with E-state index in [4.69, 9.17) is 14.2 Å². The lowest BCUT2D eigenvalue weighted by Gasteiger charge is -2.18. The van der Waals surface area contributed by atoms with Gasteiger partial charge >= 0.3 is 17.9 Å². The van der Waals surface area contributed by atoms with E-state index in [1.54, 1.807) is 0 Å². The highest BCUT2D eigenvalue weighted by Crippen LogP contribution is 2.18. The van der Waals surface area contributed by atoms with Crippen LogP contribution in [0, 0.1) is 0 Å². The minimum Gasteiger partial charge on any atom is -0.462 e. The molecule has 0 N–H and O–H groups in total. The summed E-state index contributed by atoms with van der Waals surface area (Å²) < 4.78 is 17.0. The highest BCUT2D eigenvalue weighted by Gasteiger charge is 2.19. The fourth-order valence-electron chi connectivity index (χ4n) is 10.2. The molecule has 0 aromatic heterocycles. The van der Waals surface area contributed by atoms with Crippen molar-refractivity contribution in [3.05, 3.63) is 48.6 Å². The van der Waals surface area contributed by atoms with Crippen LogP contribution in [0.25, 0.3) is 0 Å². The molecule has 0 spiro atoms. The van der Waals surface area contributed by atoms with E-state index in [0.29, 0.717) is 19.3 Å². The monoisotopic (exact) mass is 1080 g/mol. The molecule has 0 aromatic carbocycles. The number of esters is 3. The van der Waals surface area contributed by atoms with Gasteiger partial charge in [-0.05, 0) is 83.5 Å². The van der Waals surface area contributed by atoms with Crippen molar-refractivity contribution < 1.29 is 28.6 Å². The molecule has 0 saturated heterocycles.